The van der Waals surface area contributed by atoms with Gasteiger partial charge in [0.25, 0.3) is 5.91 Å². The number of carbonyl (C=O) groups excluding carboxylic acids is 1. The second-order valence-corrected chi connectivity index (χ2v) is 5.78. The van der Waals surface area contributed by atoms with E-state index >= 15 is 0 Å². The molecule has 2 aromatic rings. The highest BCUT2D eigenvalue weighted by Gasteiger charge is 2.24. The predicted molar refractivity (Wildman–Crippen MR) is 117 cm³/mol. The monoisotopic (exact) mass is 482 g/mol. The first-order valence-corrected chi connectivity index (χ1v) is 8.40. The molecule has 27 heavy (non-hydrogen) atoms. The lowest BCUT2D eigenvalue weighted by molar-refractivity contribution is -0.121. The van der Waals surface area contributed by atoms with Crippen LogP contribution in [0.4, 0.5) is 11.4 Å². The van der Waals surface area contributed by atoms with E-state index in [0.717, 1.165) is 22.9 Å². The standard InChI is InChI=1S/C19H22N4O3.HI/c1-25-15-9-7-14(8-10-15)22-19(20)21-11-4-12-23-16-5-2-3-6-17(16)26-13-18(23)24;/h2-3,5-10H,4,11-13H2,1H3,(H3,20,21,22);1H. The molecule has 0 fully saturated rings. The molecule has 0 aromatic heterocycles. The molecule has 0 unspecified atom stereocenters. The third-order valence-electron chi connectivity index (χ3n) is 3.99. The Bertz CT molecular complexity index is 796. The van der Waals surface area contributed by atoms with Crippen LogP contribution in [0.15, 0.2) is 53.5 Å². The topological polar surface area (TPSA) is 89.2 Å². The zero-order valence-corrected chi connectivity index (χ0v) is 17.4. The number of para-hydroxylation sites is 2. The van der Waals surface area contributed by atoms with Crippen molar-refractivity contribution in [2.75, 3.05) is 37.0 Å². The summed E-state index contributed by atoms with van der Waals surface area (Å²) >= 11 is 0. The third kappa shape index (κ3) is 5.49. The van der Waals surface area contributed by atoms with Crippen LogP contribution in [0.5, 0.6) is 11.5 Å². The van der Waals surface area contributed by atoms with Crippen molar-refractivity contribution in [2.24, 2.45) is 10.7 Å². The number of benzene rings is 2. The van der Waals surface area contributed by atoms with E-state index in [1.54, 1.807) is 12.0 Å². The number of anilines is 2. The third-order valence-corrected chi connectivity index (χ3v) is 3.99. The quantitative estimate of drug-likeness (QED) is 0.286. The first kappa shape index (κ1) is 20.8. The fourth-order valence-electron chi connectivity index (χ4n) is 2.69. The highest BCUT2D eigenvalue weighted by Crippen LogP contribution is 2.31. The van der Waals surface area contributed by atoms with Crippen LogP contribution in [0.1, 0.15) is 6.42 Å². The number of aliphatic imine (C=N–C) groups is 1. The van der Waals surface area contributed by atoms with Gasteiger partial charge in [-0.15, -0.1) is 24.0 Å². The maximum atomic E-state index is 12.1. The Morgan fingerprint density at radius 3 is 2.74 bits per heavy atom. The zero-order valence-electron chi connectivity index (χ0n) is 15.1. The number of nitrogens with one attached hydrogen (secondary N) is 1. The van der Waals surface area contributed by atoms with Crippen LogP contribution in [0, 0.1) is 0 Å². The fourth-order valence-corrected chi connectivity index (χ4v) is 2.69. The number of rotatable bonds is 6. The van der Waals surface area contributed by atoms with Crippen molar-refractivity contribution in [1.82, 2.24) is 0 Å². The van der Waals surface area contributed by atoms with Crippen LogP contribution < -0.4 is 25.4 Å². The maximum absolute atomic E-state index is 12.1. The first-order chi connectivity index (χ1) is 12.7. The second-order valence-electron chi connectivity index (χ2n) is 5.78. The van der Waals surface area contributed by atoms with Gasteiger partial charge in [0.1, 0.15) is 11.5 Å². The number of fused-ring (bicyclic) bond motifs is 1. The number of hydrogen-bond acceptors (Lipinski definition) is 4. The first-order valence-electron chi connectivity index (χ1n) is 8.40. The molecule has 0 saturated heterocycles. The molecule has 0 aliphatic carbocycles. The molecule has 1 aliphatic heterocycles. The lowest BCUT2D eigenvalue weighted by Crippen LogP contribution is -2.39. The van der Waals surface area contributed by atoms with Gasteiger partial charge in [-0.3, -0.25) is 9.79 Å². The van der Waals surface area contributed by atoms with E-state index < -0.39 is 0 Å². The van der Waals surface area contributed by atoms with E-state index in [9.17, 15) is 4.79 Å². The number of methoxy groups -OCH3 is 1. The predicted octanol–water partition coefficient (Wildman–Crippen LogP) is 2.86. The molecular formula is C19H23IN4O3. The maximum Gasteiger partial charge on any atom is 0.265 e. The normalized spacial score (nSPS) is 13.3. The van der Waals surface area contributed by atoms with Crippen molar-refractivity contribution >= 4 is 47.2 Å². The van der Waals surface area contributed by atoms with Gasteiger partial charge in [-0.1, -0.05) is 12.1 Å². The minimum atomic E-state index is -0.0444. The largest absolute Gasteiger partial charge is 0.497 e. The molecule has 3 N–H and O–H groups in total. The van der Waals surface area contributed by atoms with Crippen LogP contribution in [-0.2, 0) is 4.79 Å². The van der Waals surface area contributed by atoms with Crippen molar-refractivity contribution in [3.63, 3.8) is 0 Å². The summed E-state index contributed by atoms with van der Waals surface area (Å²) in [5, 5.41) is 3.03. The van der Waals surface area contributed by atoms with Gasteiger partial charge in [0.05, 0.1) is 12.8 Å². The smallest absolute Gasteiger partial charge is 0.265 e. The number of nitrogens with two attached hydrogens (primary N) is 1. The molecule has 0 radical (unpaired) electrons. The van der Waals surface area contributed by atoms with Gasteiger partial charge in [-0.2, -0.15) is 0 Å². The molecule has 0 atom stereocenters. The zero-order chi connectivity index (χ0) is 18.4. The minimum absolute atomic E-state index is 0. The van der Waals surface area contributed by atoms with E-state index in [4.69, 9.17) is 15.2 Å². The number of guanidine groups is 1. The highest BCUT2D eigenvalue weighted by molar-refractivity contribution is 14.0. The van der Waals surface area contributed by atoms with Crippen LogP contribution in [0.3, 0.4) is 0 Å². The molecule has 0 saturated carbocycles. The van der Waals surface area contributed by atoms with Crippen molar-refractivity contribution in [2.45, 2.75) is 6.42 Å². The summed E-state index contributed by atoms with van der Waals surface area (Å²) in [5.74, 6) is 1.80. The number of ether oxygens (including phenoxy) is 2. The summed E-state index contributed by atoms with van der Waals surface area (Å²) < 4.78 is 10.6. The molecule has 0 bridgehead atoms. The summed E-state index contributed by atoms with van der Waals surface area (Å²) in [6.07, 6.45) is 0.699. The summed E-state index contributed by atoms with van der Waals surface area (Å²) in [4.78, 5) is 18.1. The lowest BCUT2D eigenvalue weighted by Gasteiger charge is -2.29. The van der Waals surface area contributed by atoms with Crippen molar-refractivity contribution in [3.8, 4) is 11.5 Å². The molecule has 0 spiro atoms. The average Bonchev–Trinajstić information content (AvgIpc) is 2.67. The average molecular weight is 482 g/mol. The van der Waals surface area contributed by atoms with Gasteiger partial charge in [0.15, 0.2) is 12.6 Å². The second kappa shape index (κ2) is 10.0. The Labute approximate surface area is 175 Å². The van der Waals surface area contributed by atoms with Crippen molar-refractivity contribution in [3.05, 3.63) is 48.5 Å². The summed E-state index contributed by atoms with van der Waals surface area (Å²) in [6.45, 7) is 1.15. The Kier molecular flexibility index (Phi) is 7.71. The number of carbonyl (C=O) groups is 1. The van der Waals surface area contributed by atoms with E-state index in [1.807, 2.05) is 48.5 Å². The van der Waals surface area contributed by atoms with Gasteiger partial charge in [-0.25, -0.2) is 0 Å². The Morgan fingerprint density at radius 1 is 1.26 bits per heavy atom. The van der Waals surface area contributed by atoms with Crippen LogP contribution in [0.25, 0.3) is 0 Å². The fraction of sp³-hybridized carbons (Fsp3) is 0.263. The van der Waals surface area contributed by atoms with E-state index in [1.165, 1.54) is 0 Å². The van der Waals surface area contributed by atoms with Crippen molar-refractivity contribution < 1.29 is 14.3 Å². The Morgan fingerprint density at radius 2 is 2.00 bits per heavy atom. The molecule has 3 rings (SSSR count). The molecule has 144 valence electrons. The lowest BCUT2D eigenvalue weighted by atomic mass is 10.2. The van der Waals surface area contributed by atoms with Crippen LogP contribution >= 0.6 is 24.0 Å². The van der Waals surface area contributed by atoms with Gasteiger partial charge >= 0.3 is 0 Å². The van der Waals surface area contributed by atoms with Gasteiger partial charge in [0, 0.05) is 18.8 Å². The van der Waals surface area contributed by atoms with Gasteiger partial charge in [-0.05, 0) is 42.8 Å². The molecule has 7 nitrogen and oxygen atoms in total. The van der Waals surface area contributed by atoms with E-state index in [-0.39, 0.29) is 36.5 Å². The number of nitrogens with zero attached hydrogens (tertiary/aromatic N) is 2. The van der Waals surface area contributed by atoms with E-state index in [0.29, 0.717) is 25.5 Å². The Hall–Kier alpha value is -2.49. The van der Waals surface area contributed by atoms with Crippen molar-refractivity contribution in [1.29, 1.82) is 0 Å². The number of amides is 1. The van der Waals surface area contributed by atoms with Crippen LogP contribution in [-0.4, -0.2) is 38.7 Å². The molecule has 1 aliphatic rings. The molecule has 8 heteroatoms. The summed E-state index contributed by atoms with van der Waals surface area (Å²) in [6, 6.07) is 15.0. The number of hydrogen-bond donors (Lipinski definition) is 2. The summed E-state index contributed by atoms with van der Waals surface area (Å²) in [5.41, 5.74) is 7.55. The Balaban J connectivity index is 0.00000261. The van der Waals surface area contributed by atoms with Gasteiger partial charge < -0.3 is 25.4 Å². The molecule has 1 heterocycles. The van der Waals surface area contributed by atoms with Gasteiger partial charge in [0.2, 0.25) is 0 Å². The minimum Gasteiger partial charge on any atom is -0.497 e. The summed E-state index contributed by atoms with van der Waals surface area (Å²) in [7, 11) is 1.62. The van der Waals surface area contributed by atoms with Crippen LogP contribution in [0.2, 0.25) is 0 Å². The molecule has 1 amide bonds. The SMILES string of the molecule is COc1ccc(NC(N)=NCCCN2C(=O)COc3ccccc32)cc1.I. The molecule has 2 aromatic carbocycles. The highest BCUT2D eigenvalue weighted by atomic mass is 127. The number of halogens is 1. The molecular weight excluding hydrogens is 459 g/mol. The van der Waals surface area contributed by atoms with E-state index in [2.05, 4.69) is 10.3 Å².